The van der Waals surface area contributed by atoms with Crippen molar-refractivity contribution in [3.63, 3.8) is 0 Å². The molecular formula is C11H7ClN2OS. The molecule has 1 aromatic carbocycles. The fraction of sp³-hybridized carbons (Fsp3) is 0. The van der Waals surface area contributed by atoms with E-state index in [1.165, 1.54) is 17.6 Å². The minimum atomic E-state index is -0.101. The van der Waals surface area contributed by atoms with E-state index in [-0.39, 0.29) is 5.78 Å². The third-order valence-corrected chi connectivity index (χ3v) is 2.65. The minimum Gasteiger partial charge on any atom is -0.289 e. The largest absolute Gasteiger partial charge is 0.289 e. The predicted octanol–water partition coefficient (Wildman–Crippen LogP) is 3.09. The molecule has 0 aliphatic heterocycles. The lowest BCUT2D eigenvalue weighted by atomic mass is 10.1. The van der Waals surface area contributed by atoms with Crippen LogP contribution in [0.3, 0.4) is 0 Å². The molecule has 1 aromatic heterocycles. The van der Waals surface area contributed by atoms with Crippen molar-refractivity contribution in [3.05, 3.63) is 52.0 Å². The number of nitrogens with zero attached hydrogens (tertiary/aromatic N) is 2. The van der Waals surface area contributed by atoms with Crippen molar-refractivity contribution < 1.29 is 4.79 Å². The lowest BCUT2D eigenvalue weighted by molar-refractivity contribution is 0.104. The molecule has 0 aliphatic carbocycles. The second-order valence-corrected chi connectivity index (χ2v) is 4.08. The first-order valence-electron chi connectivity index (χ1n) is 4.51. The third kappa shape index (κ3) is 2.74. The average molecular weight is 251 g/mol. The normalized spacial score (nSPS) is 10.8. The van der Waals surface area contributed by atoms with Crippen LogP contribution in [0, 0.1) is 0 Å². The Bertz CT molecular complexity index is 523. The van der Waals surface area contributed by atoms with Crippen LogP contribution in [0.15, 0.2) is 35.7 Å². The summed E-state index contributed by atoms with van der Waals surface area (Å²) in [5.74, 6) is -0.101. The smallest absolute Gasteiger partial charge is 0.185 e. The van der Waals surface area contributed by atoms with Crippen molar-refractivity contribution in [2.75, 3.05) is 0 Å². The van der Waals surface area contributed by atoms with Crippen LogP contribution in [0.5, 0.6) is 0 Å². The fourth-order valence-electron chi connectivity index (χ4n) is 1.14. The van der Waals surface area contributed by atoms with E-state index in [1.54, 1.807) is 35.7 Å². The zero-order chi connectivity index (χ0) is 11.4. The maximum absolute atomic E-state index is 11.7. The summed E-state index contributed by atoms with van der Waals surface area (Å²) in [4.78, 5) is 11.7. The number of carbonyl (C=O) groups excluding carboxylic acids is 1. The zero-order valence-corrected chi connectivity index (χ0v) is 9.70. The molecule has 5 heteroatoms. The van der Waals surface area contributed by atoms with Gasteiger partial charge in [-0.3, -0.25) is 4.79 Å². The highest BCUT2D eigenvalue weighted by Crippen LogP contribution is 2.12. The number of halogens is 1. The highest BCUT2D eigenvalue weighted by Gasteiger charge is 2.02. The first kappa shape index (κ1) is 11.0. The Labute approximate surface area is 102 Å². The van der Waals surface area contributed by atoms with Gasteiger partial charge in [-0.15, -0.1) is 5.10 Å². The van der Waals surface area contributed by atoms with E-state index in [0.29, 0.717) is 16.3 Å². The minimum absolute atomic E-state index is 0.101. The zero-order valence-electron chi connectivity index (χ0n) is 8.13. The van der Waals surface area contributed by atoms with Crippen LogP contribution >= 0.6 is 23.1 Å². The van der Waals surface area contributed by atoms with Gasteiger partial charge in [-0.1, -0.05) is 28.2 Å². The Morgan fingerprint density at radius 1 is 1.44 bits per heavy atom. The summed E-state index contributed by atoms with van der Waals surface area (Å²) in [5.41, 5.74) is 1.24. The molecule has 80 valence electrons. The van der Waals surface area contributed by atoms with Crippen molar-refractivity contribution >= 4 is 35.0 Å². The number of carbonyl (C=O) groups is 1. The molecular weight excluding hydrogens is 244 g/mol. The van der Waals surface area contributed by atoms with E-state index in [4.69, 9.17) is 11.6 Å². The van der Waals surface area contributed by atoms with Gasteiger partial charge in [0.05, 0.1) is 5.69 Å². The average Bonchev–Trinajstić information content (AvgIpc) is 2.78. The van der Waals surface area contributed by atoms with Gasteiger partial charge in [0.2, 0.25) is 0 Å². The summed E-state index contributed by atoms with van der Waals surface area (Å²) in [6.45, 7) is 0. The van der Waals surface area contributed by atoms with Crippen LogP contribution in [0.2, 0.25) is 5.02 Å². The SMILES string of the molecule is O=C(/C=C/c1csnn1)c1cccc(Cl)c1. The van der Waals surface area contributed by atoms with E-state index in [2.05, 4.69) is 9.59 Å². The standard InChI is InChI=1S/C11H7ClN2OS/c12-9-3-1-2-8(6-9)11(15)5-4-10-7-16-14-13-10/h1-7H/b5-4+. The van der Waals surface area contributed by atoms with Crippen molar-refractivity contribution in [2.24, 2.45) is 0 Å². The van der Waals surface area contributed by atoms with E-state index in [9.17, 15) is 4.79 Å². The highest BCUT2D eigenvalue weighted by molar-refractivity contribution is 7.03. The second kappa shape index (κ2) is 5.01. The molecule has 0 unspecified atom stereocenters. The Kier molecular flexibility index (Phi) is 3.44. The number of hydrogen-bond donors (Lipinski definition) is 0. The van der Waals surface area contributed by atoms with Crippen molar-refractivity contribution in [1.29, 1.82) is 0 Å². The van der Waals surface area contributed by atoms with Gasteiger partial charge in [0, 0.05) is 16.0 Å². The van der Waals surface area contributed by atoms with Gasteiger partial charge in [-0.25, -0.2) is 0 Å². The molecule has 0 spiro atoms. The molecule has 0 radical (unpaired) electrons. The molecule has 0 fully saturated rings. The molecule has 0 atom stereocenters. The number of rotatable bonds is 3. The summed E-state index contributed by atoms with van der Waals surface area (Å²) >= 11 is 7.04. The number of ketones is 1. The molecule has 0 amide bonds. The summed E-state index contributed by atoms with van der Waals surface area (Å²) in [6.07, 6.45) is 3.09. The molecule has 2 rings (SSSR count). The second-order valence-electron chi connectivity index (χ2n) is 3.04. The Balaban J connectivity index is 2.15. The summed E-state index contributed by atoms with van der Waals surface area (Å²) in [7, 11) is 0. The number of benzene rings is 1. The molecule has 16 heavy (non-hydrogen) atoms. The van der Waals surface area contributed by atoms with Gasteiger partial charge in [-0.05, 0) is 35.8 Å². The summed E-state index contributed by atoms with van der Waals surface area (Å²) < 4.78 is 3.69. The van der Waals surface area contributed by atoms with E-state index in [0.717, 1.165) is 0 Å². The van der Waals surface area contributed by atoms with Gasteiger partial charge < -0.3 is 0 Å². The van der Waals surface area contributed by atoms with E-state index >= 15 is 0 Å². The predicted molar refractivity (Wildman–Crippen MR) is 64.7 cm³/mol. The van der Waals surface area contributed by atoms with Crippen molar-refractivity contribution in [1.82, 2.24) is 9.59 Å². The van der Waals surface area contributed by atoms with Crippen LogP contribution in [0.25, 0.3) is 6.08 Å². The number of aromatic nitrogens is 2. The molecule has 1 heterocycles. The number of hydrogen-bond acceptors (Lipinski definition) is 4. The highest BCUT2D eigenvalue weighted by atomic mass is 35.5. The third-order valence-electron chi connectivity index (χ3n) is 1.89. The summed E-state index contributed by atoms with van der Waals surface area (Å²) in [5, 5.41) is 6.12. The first-order valence-corrected chi connectivity index (χ1v) is 5.72. The molecule has 0 saturated carbocycles. The molecule has 0 aliphatic rings. The Morgan fingerprint density at radius 2 is 2.31 bits per heavy atom. The van der Waals surface area contributed by atoms with E-state index in [1.807, 2.05) is 0 Å². The topological polar surface area (TPSA) is 42.9 Å². The van der Waals surface area contributed by atoms with Crippen LogP contribution in [-0.2, 0) is 0 Å². The van der Waals surface area contributed by atoms with Gasteiger partial charge in [0.15, 0.2) is 5.78 Å². The lowest BCUT2D eigenvalue weighted by Crippen LogP contribution is -1.93. The maximum Gasteiger partial charge on any atom is 0.185 e. The Hall–Kier alpha value is -1.52. The monoisotopic (exact) mass is 250 g/mol. The molecule has 2 aromatic rings. The maximum atomic E-state index is 11.7. The van der Waals surface area contributed by atoms with Crippen LogP contribution in [0.1, 0.15) is 16.1 Å². The van der Waals surface area contributed by atoms with Gasteiger partial charge in [0.25, 0.3) is 0 Å². The van der Waals surface area contributed by atoms with E-state index < -0.39 is 0 Å². The molecule has 0 bridgehead atoms. The van der Waals surface area contributed by atoms with Crippen LogP contribution in [0.4, 0.5) is 0 Å². The molecule has 3 nitrogen and oxygen atoms in total. The van der Waals surface area contributed by atoms with Gasteiger partial charge in [0.1, 0.15) is 0 Å². The Morgan fingerprint density at radius 3 is 3.00 bits per heavy atom. The number of allylic oxidation sites excluding steroid dienone is 1. The van der Waals surface area contributed by atoms with Crippen molar-refractivity contribution in [2.45, 2.75) is 0 Å². The molecule has 0 N–H and O–H groups in total. The van der Waals surface area contributed by atoms with Gasteiger partial charge in [-0.2, -0.15) is 0 Å². The lowest BCUT2D eigenvalue weighted by Gasteiger charge is -1.95. The molecule has 0 saturated heterocycles. The van der Waals surface area contributed by atoms with Crippen LogP contribution < -0.4 is 0 Å². The quantitative estimate of drug-likeness (QED) is 0.621. The first-order chi connectivity index (χ1) is 7.75. The summed E-state index contributed by atoms with van der Waals surface area (Å²) in [6, 6.07) is 6.82. The van der Waals surface area contributed by atoms with Crippen LogP contribution in [-0.4, -0.2) is 15.4 Å². The van der Waals surface area contributed by atoms with Crippen molar-refractivity contribution in [3.8, 4) is 0 Å². The van der Waals surface area contributed by atoms with Gasteiger partial charge >= 0.3 is 0 Å². The fourth-order valence-corrected chi connectivity index (χ4v) is 1.76.